The quantitative estimate of drug-likeness (QED) is 0.0404. The van der Waals surface area contributed by atoms with E-state index in [9.17, 15) is 199 Å². The summed E-state index contributed by atoms with van der Waals surface area (Å²) in [5.74, 6) is -2.43. The van der Waals surface area contributed by atoms with Crippen molar-refractivity contribution in [1.29, 1.82) is 0 Å². The number of hydrogen-bond donors (Lipinski definition) is 45. The van der Waals surface area contributed by atoms with Gasteiger partial charge in [0.1, 0.15) is 275 Å². The minimum absolute atomic E-state index is 0. The minimum Gasteiger partial charge on any atom is -0.480 e. The van der Waals surface area contributed by atoms with Gasteiger partial charge in [-0.05, 0) is 13.3 Å². The molecule has 14 unspecified atom stereocenters. The fourth-order valence-corrected chi connectivity index (χ4v) is 15.0. The smallest absolute Gasteiger partial charge is 0.326 e. The molecule has 0 bridgehead atoms. The van der Waals surface area contributed by atoms with Crippen LogP contribution in [0.15, 0.2) is 4.99 Å². The molecule has 11 fully saturated rings. The zero-order valence-corrected chi connectivity index (χ0v) is 73.0. The Bertz CT molecular complexity index is 3320. The summed E-state index contributed by atoms with van der Waals surface area (Å²) in [7, 11) is 0. The first-order valence-electron chi connectivity index (χ1n) is 42.1. The van der Waals surface area contributed by atoms with Gasteiger partial charge in [0.25, 0.3) is 0 Å². The molecule has 0 saturated carbocycles. The Labute approximate surface area is 783 Å². The molecular formula is C72H136N2O65. The monoisotopic (exact) mass is 2070 g/mol. The molecule has 0 aromatic rings. The van der Waals surface area contributed by atoms with Crippen LogP contribution in [0, 0.1) is 0 Å². The second-order valence-electron chi connectivity index (χ2n) is 32.9. The van der Waals surface area contributed by atoms with Gasteiger partial charge in [-0.2, -0.15) is 0 Å². The van der Waals surface area contributed by atoms with Crippen LogP contribution in [0.4, 0.5) is 0 Å². The number of aliphatic hydroxyl groups is 43. The Hall–Kier alpha value is -3.58. The average molecular weight is 2070 g/mol. The number of aliphatic carboxylic acids is 1. The number of aliphatic hydroxyl groups excluding tert-OH is 43. The summed E-state index contributed by atoms with van der Waals surface area (Å²) in [6, 6.07) is -0.433. The van der Waals surface area contributed by atoms with E-state index in [-0.39, 0.29) is 16.4 Å². The summed E-state index contributed by atoms with van der Waals surface area (Å²) < 4.78 is 87.4. The van der Waals surface area contributed by atoms with Crippen LogP contribution >= 0.6 is 0 Å². The molecule has 0 aliphatic carbocycles. The zero-order chi connectivity index (χ0) is 102. The number of hydrogen-bond acceptors (Lipinski definition) is 63. The van der Waals surface area contributed by atoms with Gasteiger partial charge in [-0.25, -0.2) is 4.79 Å². The maximum atomic E-state index is 10.4. The lowest BCUT2D eigenvalue weighted by molar-refractivity contribution is -0.388. The van der Waals surface area contributed by atoms with Crippen molar-refractivity contribution in [3.05, 3.63) is 0 Å². The largest absolute Gasteiger partial charge is 0.480 e. The van der Waals surface area contributed by atoms with Gasteiger partial charge in [-0.3, -0.25) is 4.99 Å². The highest BCUT2D eigenvalue weighted by molar-refractivity contribution is 5.86. The van der Waals surface area contributed by atoms with E-state index in [4.69, 9.17) is 111 Å². The number of aliphatic imine (C=N–C) groups is 1. The minimum atomic E-state index is -2.36. The fraction of sp³-hybridized carbons (Fsp3) is 0.972. The van der Waals surface area contributed by atoms with Crippen molar-refractivity contribution in [3.63, 3.8) is 0 Å². The number of carboxylic acid groups (broad SMARTS) is 1. The van der Waals surface area contributed by atoms with Crippen LogP contribution in [0.25, 0.3) is 0 Å². The van der Waals surface area contributed by atoms with Crippen molar-refractivity contribution in [2.24, 2.45) is 4.99 Å². The molecule has 139 heavy (non-hydrogen) atoms. The fourth-order valence-electron chi connectivity index (χ4n) is 15.0. The number of nitrogens with zero attached hydrogens (tertiary/aromatic N) is 1. The van der Waals surface area contributed by atoms with Crippen molar-refractivity contribution < 1.29 is 326 Å². The predicted octanol–water partition coefficient (Wildman–Crippen LogP) is -31.8. The topological polar surface area (TPSA) is 1180 Å². The zero-order valence-electron chi connectivity index (χ0n) is 73.0. The van der Waals surface area contributed by atoms with Crippen molar-refractivity contribution in [1.82, 2.24) is 5.32 Å². The van der Waals surface area contributed by atoms with E-state index in [1.54, 1.807) is 6.92 Å². The van der Waals surface area contributed by atoms with E-state index in [0.29, 0.717) is 13.0 Å². The summed E-state index contributed by atoms with van der Waals surface area (Å²) in [4.78, 5) is 14.4. The number of ether oxygens (including phenoxy) is 17. The Morgan fingerprint density at radius 1 is 0.295 bits per heavy atom. The van der Waals surface area contributed by atoms with Gasteiger partial charge < -0.3 is 327 Å². The third kappa shape index (κ3) is 30.6. The Morgan fingerprint density at radius 3 is 0.813 bits per heavy atom. The van der Waals surface area contributed by atoms with Gasteiger partial charge >= 0.3 is 5.97 Å². The van der Waals surface area contributed by atoms with E-state index in [1.165, 1.54) is 0 Å². The summed E-state index contributed by atoms with van der Waals surface area (Å²) >= 11 is 0. The van der Waals surface area contributed by atoms with Crippen molar-refractivity contribution in [2.45, 2.75) is 351 Å². The molecule has 0 amide bonds. The molecule has 12 aliphatic heterocycles. The molecular weight excluding hydrogens is 1930 g/mol. The highest BCUT2D eigenvalue weighted by Crippen LogP contribution is 2.39. The first kappa shape index (κ1) is 128. The van der Waals surface area contributed by atoms with Gasteiger partial charge in [0, 0.05) is 6.54 Å². The van der Waals surface area contributed by atoms with Gasteiger partial charge in [-0.15, -0.1) is 0 Å². The summed E-state index contributed by atoms with van der Waals surface area (Å²) in [5.41, 5.74) is 0. The van der Waals surface area contributed by atoms with Crippen LogP contribution in [0.3, 0.4) is 0 Å². The van der Waals surface area contributed by atoms with E-state index >= 15 is 0 Å². The normalized spacial score (nSPS) is 48.7. The Morgan fingerprint density at radius 2 is 0.540 bits per heavy atom. The Balaban J connectivity index is 0.000000354. The number of amidine groups is 1. The molecule has 12 heterocycles. The van der Waals surface area contributed by atoms with E-state index in [2.05, 4.69) is 10.3 Å². The molecule has 12 aliphatic rings. The molecule has 12 rings (SSSR count). The number of carboxylic acids is 1. The third-order valence-corrected chi connectivity index (χ3v) is 23.5. The number of carbonyl (C=O) groups is 1. The summed E-state index contributed by atoms with van der Waals surface area (Å²) in [6.07, 6.45) is -83.2. The van der Waals surface area contributed by atoms with Crippen molar-refractivity contribution >= 4 is 11.8 Å². The van der Waals surface area contributed by atoms with Crippen LogP contribution in [-0.2, 0) is 85.3 Å². The summed E-state index contributed by atoms with van der Waals surface area (Å²) in [5, 5.41) is 426. The molecule has 67 heteroatoms. The third-order valence-electron chi connectivity index (χ3n) is 23.5. The number of nitrogens with one attached hydrogen (secondary N) is 1. The second-order valence-corrected chi connectivity index (χ2v) is 32.9. The van der Waals surface area contributed by atoms with Crippen LogP contribution < -0.4 is 5.32 Å². The maximum Gasteiger partial charge on any atom is 0.326 e. The number of rotatable bonds is 25. The SMILES string of the molecule is CC1=NCC[C@@H](C(=O)O)N1.O.O.O.OCC1O[C@@H](O)C(O)[C@H](O)[C@@H]1O[C@@H]1OC(CO)[C@H](O)[C@@H](O)C1O.OCC1O[C@H](OCC2O[C@@H](O[C@]3(CO)O[C@H](CO)[C@@H](O)[C@H]3O)C(O)[C@H](O)[C@@H]2O)C(O)[C@H](O)[C@H]1O.OCC1O[C@H](O[C@@H]2OC(CO)[C@@H](O)[C@@H](O)C2O)C(O)[C@H](O)[C@@H]1O.OC[C@H]1O[C@@H](OC[C@H]2OC(O)[C@H](O)[C@@H](O)[C@@H]2O)[C@H](O)[C@@H](O)[C@@H]1O.OC[C@H]1O[C@H](O)[C@H](O)[C@@H](O)C1O[C@@H]1O[C@H](CO)[C@H](O)[C@H](O)[C@H]1O. The highest BCUT2D eigenvalue weighted by Gasteiger charge is 2.61. The second kappa shape index (κ2) is 57.8. The van der Waals surface area contributed by atoms with Gasteiger partial charge in [-0.1, -0.05) is 0 Å². The van der Waals surface area contributed by atoms with E-state index in [1.807, 2.05) is 0 Å². The van der Waals surface area contributed by atoms with Crippen molar-refractivity contribution in [2.75, 3.05) is 85.8 Å². The predicted molar refractivity (Wildman–Crippen MR) is 424 cm³/mol. The van der Waals surface area contributed by atoms with Gasteiger partial charge in [0.05, 0.1) is 78.5 Å². The lowest BCUT2D eigenvalue weighted by atomic mass is 9.97. The van der Waals surface area contributed by atoms with Crippen LogP contribution in [0.2, 0.25) is 0 Å². The molecule has 824 valence electrons. The van der Waals surface area contributed by atoms with Gasteiger partial charge in [0.15, 0.2) is 62.9 Å². The molecule has 0 spiro atoms. The average Bonchev–Trinajstić information content (AvgIpc) is 1.62. The molecule has 55 atom stereocenters. The van der Waals surface area contributed by atoms with Crippen molar-refractivity contribution in [3.8, 4) is 0 Å². The molecule has 67 nitrogen and oxygen atoms in total. The maximum absolute atomic E-state index is 10.4. The van der Waals surface area contributed by atoms with Crippen LogP contribution in [0.1, 0.15) is 13.3 Å². The molecule has 0 radical (unpaired) electrons. The van der Waals surface area contributed by atoms with E-state index < -0.39 is 422 Å². The molecule has 0 aromatic carbocycles. The van der Waals surface area contributed by atoms with Gasteiger partial charge in [0.2, 0.25) is 5.79 Å². The lowest BCUT2D eigenvalue weighted by Gasteiger charge is -2.45. The molecule has 51 N–H and O–H groups in total. The van der Waals surface area contributed by atoms with Crippen LogP contribution in [0.5, 0.6) is 0 Å². The first-order valence-corrected chi connectivity index (χ1v) is 42.1. The Kier molecular flexibility index (Phi) is 53.1. The standard InChI is InChI=1S/C18H32O16.4C12H22O11.C6H10N2O2.3H2O/c19-1-5-8(22)11(25)13(27)16(31-5)30-3-7-9(23)12(26)14(28)17(32-7)34-18(4-21)15(29)10(24)6(2-20)33-18;2*13-1-3-5(15)6(16)9(19)12(22-3)23-10-4(2-14)21-11(20)8(18)7(10)17;13-1-3-5(14)8(17)10(19)12(23-3)21-2-4-6(15)7(16)9(18)11(20)22-4;13-1-3-5(15)7(17)9(19)11(21-3)23-12-10(20)8(18)6(16)4(2-14)22-12;1-4-7-3-2-5(8-4)6(9)10;;;/h5-17,19-29H,1-4H2;4*3-20H,1-2H2;5H,2-3H2,1H3,(H,7,8)(H,9,10);3*1H2/t5?,6-,7?,8+,9-,10-,11-,12-,13?,14?,15-,16+,17+,18+;3?,4?,5-,6+,7-,8?,9?,10+,11+,12-;3-,4-,5+,6+,7-,8-,9-,10?,11+,12+;3-,4-,5-,6-,7+,8+,9-,10-,11?,12-;3?,4?,5-,6-,7-,8-,9?,10?,11-,12+;5-;;;/m101110.../s1. The lowest BCUT2D eigenvalue weighted by Crippen LogP contribution is -2.64. The summed E-state index contributed by atoms with van der Waals surface area (Å²) in [6.45, 7) is -5.87. The van der Waals surface area contributed by atoms with E-state index in [0.717, 1.165) is 5.84 Å². The van der Waals surface area contributed by atoms with Crippen LogP contribution in [-0.4, -0.2) is 676 Å². The highest BCUT2D eigenvalue weighted by atomic mass is 16.8. The molecule has 11 saturated heterocycles. The molecule has 0 aromatic heterocycles. The first-order chi connectivity index (χ1) is 63.9.